The van der Waals surface area contributed by atoms with Crippen LogP contribution in [0.5, 0.6) is 0 Å². The quantitative estimate of drug-likeness (QED) is 0.357. The average molecular weight is 394 g/mol. The largest absolute Gasteiger partial charge is 0.206 e. The second-order valence-electron chi connectivity index (χ2n) is 7.50. The van der Waals surface area contributed by atoms with E-state index in [0.29, 0.717) is 12.1 Å². The smallest absolute Gasteiger partial charge is 0.169 e. The Morgan fingerprint density at radius 2 is 1.54 bits per heavy atom. The molecule has 0 unspecified atom stereocenters. The molecular formula is C23H23F5. The topological polar surface area (TPSA) is 0 Å². The van der Waals surface area contributed by atoms with Crippen LogP contribution in [0.2, 0.25) is 0 Å². The molecule has 3 rings (SSSR count). The number of halogens is 5. The Morgan fingerprint density at radius 1 is 0.821 bits per heavy atom. The van der Waals surface area contributed by atoms with Gasteiger partial charge in [-0.05, 0) is 73.4 Å². The van der Waals surface area contributed by atoms with Crippen molar-refractivity contribution in [1.82, 2.24) is 0 Å². The van der Waals surface area contributed by atoms with Gasteiger partial charge in [0.15, 0.2) is 23.3 Å². The van der Waals surface area contributed by atoms with Gasteiger partial charge in [-0.15, -0.1) is 0 Å². The standard InChI is InChI=1S/C23H23F5/c1-2-3-14-4-6-15(7-5-14)16-8-10-18(20(25)12-16)23(28)22(27)17-9-11-19(24)21(26)13-17/h8-15H,2-7H2,1H3/b23-22+. The van der Waals surface area contributed by atoms with E-state index in [0.717, 1.165) is 49.7 Å². The molecule has 2 aromatic carbocycles. The van der Waals surface area contributed by atoms with Crippen LogP contribution < -0.4 is 0 Å². The van der Waals surface area contributed by atoms with E-state index in [1.54, 1.807) is 6.07 Å². The lowest BCUT2D eigenvalue weighted by Gasteiger charge is -2.28. The normalized spacial score (nSPS) is 20.8. The second-order valence-corrected chi connectivity index (χ2v) is 7.50. The fourth-order valence-corrected chi connectivity index (χ4v) is 4.03. The fraction of sp³-hybridized carbons (Fsp3) is 0.391. The van der Waals surface area contributed by atoms with E-state index in [1.165, 1.54) is 18.6 Å². The minimum atomic E-state index is -1.43. The number of benzene rings is 2. The molecule has 1 aliphatic rings. The maximum Gasteiger partial charge on any atom is 0.169 e. The molecule has 28 heavy (non-hydrogen) atoms. The van der Waals surface area contributed by atoms with Crippen molar-refractivity contribution in [2.75, 3.05) is 0 Å². The van der Waals surface area contributed by atoms with Gasteiger partial charge in [-0.25, -0.2) is 22.0 Å². The molecule has 0 N–H and O–H groups in total. The van der Waals surface area contributed by atoms with Crippen LogP contribution in [0.3, 0.4) is 0 Å². The van der Waals surface area contributed by atoms with E-state index in [-0.39, 0.29) is 5.92 Å². The predicted molar refractivity (Wildman–Crippen MR) is 101 cm³/mol. The third-order valence-corrected chi connectivity index (χ3v) is 5.61. The molecule has 1 saturated carbocycles. The van der Waals surface area contributed by atoms with Crippen LogP contribution >= 0.6 is 0 Å². The monoisotopic (exact) mass is 394 g/mol. The van der Waals surface area contributed by atoms with Crippen LogP contribution in [0.1, 0.15) is 68.1 Å². The maximum absolute atomic E-state index is 14.5. The molecule has 1 fully saturated rings. The number of hydrogen-bond acceptors (Lipinski definition) is 0. The van der Waals surface area contributed by atoms with Gasteiger partial charge >= 0.3 is 0 Å². The zero-order chi connectivity index (χ0) is 20.3. The lowest BCUT2D eigenvalue weighted by Crippen LogP contribution is -2.13. The summed E-state index contributed by atoms with van der Waals surface area (Å²) in [5.41, 5.74) is -0.211. The van der Waals surface area contributed by atoms with E-state index in [2.05, 4.69) is 6.92 Å². The highest BCUT2D eigenvalue weighted by molar-refractivity contribution is 5.83. The lowest BCUT2D eigenvalue weighted by molar-refractivity contribution is 0.308. The van der Waals surface area contributed by atoms with E-state index >= 15 is 0 Å². The summed E-state index contributed by atoms with van der Waals surface area (Å²) < 4.78 is 69.5. The Hall–Kier alpha value is -2.17. The van der Waals surface area contributed by atoms with Gasteiger partial charge in [0, 0.05) is 11.1 Å². The molecular weight excluding hydrogens is 371 g/mol. The molecule has 5 heteroatoms. The summed E-state index contributed by atoms with van der Waals surface area (Å²) >= 11 is 0. The van der Waals surface area contributed by atoms with Crippen LogP contribution in [-0.2, 0) is 0 Å². The number of rotatable bonds is 5. The molecule has 2 aromatic rings. The van der Waals surface area contributed by atoms with Gasteiger partial charge in [0.2, 0.25) is 0 Å². The molecule has 0 aliphatic heterocycles. The van der Waals surface area contributed by atoms with E-state index in [4.69, 9.17) is 0 Å². The molecule has 0 saturated heterocycles. The molecule has 0 atom stereocenters. The summed E-state index contributed by atoms with van der Waals surface area (Å²) in [6.07, 6.45) is 6.49. The molecule has 0 heterocycles. The van der Waals surface area contributed by atoms with Crippen molar-refractivity contribution < 1.29 is 22.0 Å². The lowest BCUT2D eigenvalue weighted by atomic mass is 9.77. The Balaban J connectivity index is 1.81. The first-order chi connectivity index (χ1) is 13.4. The van der Waals surface area contributed by atoms with Gasteiger partial charge in [-0.2, -0.15) is 0 Å². The summed E-state index contributed by atoms with van der Waals surface area (Å²) in [6.45, 7) is 2.17. The minimum absolute atomic E-state index is 0.222. The summed E-state index contributed by atoms with van der Waals surface area (Å²) in [5.74, 6) is -5.23. The zero-order valence-corrected chi connectivity index (χ0v) is 15.8. The van der Waals surface area contributed by atoms with Crippen LogP contribution in [0.15, 0.2) is 36.4 Å². The molecule has 0 aromatic heterocycles. The van der Waals surface area contributed by atoms with Gasteiger partial charge in [0.1, 0.15) is 5.82 Å². The molecule has 0 radical (unpaired) electrons. The van der Waals surface area contributed by atoms with Gasteiger partial charge in [-0.1, -0.05) is 25.8 Å². The van der Waals surface area contributed by atoms with Crippen molar-refractivity contribution in [2.45, 2.75) is 51.4 Å². The van der Waals surface area contributed by atoms with Crippen LogP contribution in [0.4, 0.5) is 22.0 Å². The molecule has 0 nitrogen and oxygen atoms in total. The third kappa shape index (κ3) is 4.45. The Morgan fingerprint density at radius 3 is 2.14 bits per heavy atom. The van der Waals surface area contributed by atoms with E-state index < -0.39 is 40.2 Å². The summed E-state index contributed by atoms with van der Waals surface area (Å²) in [7, 11) is 0. The molecule has 1 aliphatic carbocycles. The van der Waals surface area contributed by atoms with Crippen molar-refractivity contribution in [3.63, 3.8) is 0 Å². The van der Waals surface area contributed by atoms with Gasteiger partial charge in [0.25, 0.3) is 0 Å². The third-order valence-electron chi connectivity index (χ3n) is 5.61. The van der Waals surface area contributed by atoms with Gasteiger partial charge < -0.3 is 0 Å². The zero-order valence-electron chi connectivity index (χ0n) is 15.8. The van der Waals surface area contributed by atoms with Crippen LogP contribution in [0, 0.1) is 23.4 Å². The SMILES string of the molecule is CCCC1CCC(c2ccc(/C(F)=C(\F)c3ccc(F)c(F)c3)c(F)c2)CC1. The van der Waals surface area contributed by atoms with E-state index in [9.17, 15) is 22.0 Å². The fourth-order valence-electron chi connectivity index (χ4n) is 4.03. The van der Waals surface area contributed by atoms with Crippen molar-refractivity contribution in [2.24, 2.45) is 5.92 Å². The first-order valence-electron chi connectivity index (χ1n) is 9.71. The Labute approximate surface area is 162 Å². The molecule has 150 valence electrons. The van der Waals surface area contributed by atoms with Crippen LogP contribution in [0.25, 0.3) is 11.7 Å². The minimum Gasteiger partial charge on any atom is -0.206 e. The molecule has 0 bridgehead atoms. The van der Waals surface area contributed by atoms with Crippen molar-refractivity contribution in [1.29, 1.82) is 0 Å². The van der Waals surface area contributed by atoms with Crippen molar-refractivity contribution >= 4 is 11.7 Å². The highest BCUT2D eigenvalue weighted by atomic mass is 19.2. The Bertz CT molecular complexity index is 863. The summed E-state index contributed by atoms with van der Waals surface area (Å²) in [6, 6.07) is 6.27. The van der Waals surface area contributed by atoms with Crippen LogP contribution in [-0.4, -0.2) is 0 Å². The Kier molecular flexibility index (Phi) is 6.53. The van der Waals surface area contributed by atoms with Gasteiger partial charge in [0.05, 0.1) is 0 Å². The summed E-state index contributed by atoms with van der Waals surface area (Å²) in [5, 5.41) is 0. The first-order valence-corrected chi connectivity index (χ1v) is 9.71. The average Bonchev–Trinajstić information content (AvgIpc) is 2.70. The van der Waals surface area contributed by atoms with Gasteiger partial charge in [-0.3, -0.25) is 0 Å². The molecule has 0 spiro atoms. The van der Waals surface area contributed by atoms with Crippen molar-refractivity contribution in [3.8, 4) is 0 Å². The maximum atomic E-state index is 14.5. The molecule has 0 amide bonds. The van der Waals surface area contributed by atoms with E-state index in [1.807, 2.05) is 0 Å². The predicted octanol–water partition coefficient (Wildman–Crippen LogP) is 7.94. The van der Waals surface area contributed by atoms with Crippen molar-refractivity contribution in [3.05, 3.63) is 70.5 Å². The first kappa shape index (κ1) is 20.6. The second kappa shape index (κ2) is 8.89. The highest BCUT2D eigenvalue weighted by Crippen LogP contribution is 2.39. The summed E-state index contributed by atoms with van der Waals surface area (Å²) in [4.78, 5) is 0. The highest BCUT2D eigenvalue weighted by Gasteiger charge is 2.23. The number of hydrogen-bond donors (Lipinski definition) is 0.